The second-order valence-electron chi connectivity index (χ2n) is 11.9. The molecule has 2 fully saturated rings. The van der Waals surface area contributed by atoms with Crippen LogP contribution < -0.4 is 5.32 Å². The fraction of sp³-hybridized carbons (Fsp3) is 0.788. The monoisotopic (exact) mass is 675 g/mol. The number of amides is 1. The fourth-order valence-corrected chi connectivity index (χ4v) is 5.21. The Morgan fingerprint density at radius 2 is 1.36 bits per heavy atom. The third kappa shape index (κ3) is 13.6. The Balaban J connectivity index is 2.02. The van der Waals surface area contributed by atoms with Gasteiger partial charge in [-0.25, -0.2) is 0 Å². The Bertz CT molecular complexity index is 945. The van der Waals surface area contributed by atoms with Gasteiger partial charge in [0.2, 0.25) is 5.91 Å². The molecule has 12 atom stereocenters. The van der Waals surface area contributed by atoms with Crippen molar-refractivity contribution in [3.63, 3.8) is 0 Å². The Morgan fingerprint density at radius 3 is 1.98 bits per heavy atom. The van der Waals surface area contributed by atoms with Gasteiger partial charge < -0.3 is 65.1 Å². The zero-order valence-corrected chi connectivity index (χ0v) is 27.5. The van der Waals surface area contributed by atoms with Gasteiger partial charge in [0.25, 0.3) is 0 Å². The van der Waals surface area contributed by atoms with E-state index < -0.39 is 86.8 Å². The van der Waals surface area contributed by atoms with Crippen molar-refractivity contribution in [2.24, 2.45) is 0 Å². The lowest BCUT2D eigenvalue weighted by molar-refractivity contribution is -0.359. The van der Waals surface area contributed by atoms with E-state index in [4.69, 9.17) is 18.9 Å². The SMILES string of the molecule is CC/C=C/CC/C=C/CC/C=C/C(O)C(COC1OC(CO)C(OC2OC(CO)C(O)C(O)C2O)C(O)C1O)NC(=O)CCCCC. The van der Waals surface area contributed by atoms with Crippen LogP contribution in [0.4, 0.5) is 0 Å². The smallest absolute Gasteiger partial charge is 0.220 e. The molecular formula is C33H57NO13. The standard InChI is InChI=1S/C33H57NO13/c1-3-5-7-8-9-10-11-12-13-15-16-22(37)21(34-25(38)17-14-6-4-2)20-44-32-30(43)28(41)31(24(19-36)46-32)47-33-29(42)27(40)26(39)23(18-35)45-33/h5,7,10-11,15-16,21-24,26-33,35-37,39-43H,3-4,6,8-9,12-14,17-20H2,1-2H3,(H,34,38)/b7-5+,11-10+,16-15+. The fourth-order valence-electron chi connectivity index (χ4n) is 5.21. The van der Waals surface area contributed by atoms with Gasteiger partial charge in [0.05, 0.1) is 32.0 Å². The van der Waals surface area contributed by atoms with Gasteiger partial charge in [-0.1, -0.05) is 63.1 Å². The molecule has 0 bridgehead atoms. The number of unbranched alkanes of at least 4 members (excludes halogenated alkanes) is 4. The molecule has 14 nitrogen and oxygen atoms in total. The molecule has 0 aromatic heterocycles. The summed E-state index contributed by atoms with van der Waals surface area (Å²) in [5, 5.41) is 85.2. The molecular weight excluding hydrogens is 618 g/mol. The van der Waals surface area contributed by atoms with E-state index in [0.29, 0.717) is 12.8 Å². The molecule has 2 aliphatic rings. The van der Waals surface area contributed by atoms with Crippen molar-refractivity contribution in [3.05, 3.63) is 36.5 Å². The van der Waals surface area contributed by atoms with Crippen LogP contribution in [0.5, 0.6) is 0 Å². The lowest BCUT2D eigenvalue weighted by Crippen LogP contribution is -2.65. The van der Waals surface area contributed by atoms with Crippen molar-refractivity contribution in [2.45, 2.75) is 145 Å². The average molecular weight is 676 g/mol. The molecule has 9 N–H and O–H groups in total. The molecule has 2 heterocycles. The van der Waals surface area contributed by atoms with Gasteiger partial charge in [-0.2, -0.15) is 0 Å². The molecule has 0 radical (unpaired) electrons. The normalized spacial score (nSPS) is 33.1. The maximum absolute atomic E-state index is 12.6. The summed E-state index contributed by atoms with van der Waals surface area (Å²) in [6, 6.07) is -0.926. The molecule has 0 saturated carbocycles. The third-order valence-electron chi connectivity index (χ3n) is 8.07. The highest BCUT2D eigenvalue weighted by molar-refractivity contribution is 5.76. The number of rotatable bonds is 21. The number of aliphatic hydroxyl groups excluding tert-OH is 8. The molecule has 0 aromatic carbocycles. The Labute approximate surface area is 277 Å². The number of carbonyl (C=O) groups excluding carboxylic acids is 1. The first-order valence-corrected chi connectivity index (χ1v) is 16.7. The second kappa shape index (κ2) is 22.8. The van der Waals surface area contributed by atoms with E-state index in [1.165, 1.54) is 0 Å². The Hall–Kier alpha value is -1.79. The molecule has 0 aliphatic carbocycles. The summed E-state index contributed by atoms with van der Waals surface area (Å²) in [5.41, 5.74) is 0. The molecule has 0 spiro atoms. The third-order valence-corrected chi connectivity index (χ3v) is 8.07. The predicted molar refractivity (Wildman–Crippen MR) is 171 cm³/mol. The number of carbonyl (C=O) groups is 1. The molecule has 14 heteroatoms. The van der Waals surface area contributed by atoms with Gasteiger partial charge in [-0.3, -0.25) is 4.79 Å². The van der Waals surface area contributed by atoms with E-state index in [-0.39, 0.29) is 18.9 Å². The summed E-state index contributed by atoms with van der Waals surface area (Å²) < 4.78 is 22.3. The minimum Gasteiger partial charge on any atom is -0.394 e. The zero-order valence-electron chi connectivity index (χ0n) is 27.5. The number of hydrogen-bond donors (Lipinski definition) is 9. The maximum Gasteiger partial charge on any atom is 0.220 e. The van der Waals surface area contributed by atoms with Crippen molar-refractivity contribution >= 4 is 5.91 Å². The minimum atomic E-state index is -1.79. The van der Waals surface area contributed by atoms with Crippen molar-refractivity contribution in [3.8, 4) is 0 Å². The van der Waals surface area contributed by atoms with Crippen molar-refractivity contribution in [2.75, 3.05) is 19.8 Å². The van der Waals surface area contributed by atoms with Crippen LogP contribution in [0.1, 0.15) is 71.6 Å². The van der Waals surface area contributed by atoms with Gasteiger partial charge in [-0.15, -0.1) is 0 Å². The number of nitrogens with one attached hydrogen (secondary N) is 1. The van der Waals surface area contributed by atoms with E-state index in [2.05, 4.69) is 36.5 Å². The van der Waals surface area contributed by atoms with Crippen molar-refractivity contribution in [1.82, 2.24) is 5.32 Å². The number of ether oxygens (including phenoxy) is 4. The molecule has 12 unspecified atom stereocenters. The maximum atomic E-state index is 12.6. The van der Waals surface area contributed by atoms with E-state index in [9.17, 15) is 45.6 Å². The van der Waals surface area contributed by atoms with Crippen LogP contribution in [0, 0.1) is 0 Å². The van der Waals surface area contributed by atoms with Crippen LogP contribution in [-0.2, 0) is 23.7 Å². The first-order chi connectivity index (χ1) is 22.6. The predicted octanol–water partition coefficient (Wildman–Crippen LogP) is -0.308. The first kappa shape index (κ1) is 41.4. The number of hydrogen-bond acceptors (Lipinski definition) is 13. The molecule has 272 valence electrons. The van der Waals surface area contributed by atoms with Gasteiger partial charge in [-0.05, 0) is 38.5 Å². The molecule has 2 saturated heterocycles. The van der Waals surface area contributed by atoms with Crippen LogP contribution in [0.25, 0.3) is 0 Å². The molecule has 2 rings (SSSR count). The van der Waals surface area contributed by atoms with Gasteiger partial charge in [0.15, 0.2) is 12.6 Å². The zero-order chi connectivity index (χ0) is 34.8. The highest BCUT2D eigenvalue weighted by atomic mass is 16.7. The second-order valence-corrected chi connectivity index (χ2v) is 11.9. The summed E-state index contributed by atoms with van der Waals surface area (Å²) in [4.78, 5) is 12.6. The van der Waals surface area contributed by atoms with Crippen LogP contribution >= 0.6 is 0 Å². The summed E-state index contributed by atoms with van der Waals surface area (Å²) in [6.45, 7) is 2.36. The van der Waals surface area contributed by atoms with Gasteiger partial charge in [0, 0.05) is 6.42 Å². The van der Waals surface area contributed by atoms with Crippen molar-refractivity contribution < 1.29 is 64.6 Å². The van der Waals surface area contributed by atoms with Crippen LogP contribution in [0.15, 0.2) is 36.5 Å². The molecule has 0 aromatic rings. The highest BCUT2D eigenvalue weighted by Gasteiger charge is 2.50. The summed E-state index contributed by atoms with van der Waals surface area (Å²) >= 11 is 0. The van der Waals surface area contributed by atoms with Gasteiger partial charge >= 0.3 is 0 Å². The van der Waals surface area contributed by atoms with Crippen LogP contribution in [0.2, 0.25) is 0 Å². The topological polar surface area (TPSA) is 228 Å². The molecule has 2 aliphatic heterocycles. The largest absolute Gasteiger partial charge is 0.394 e. The van der Waals surface area contributed by atoms with Crippen molar-refractivity contribution in [1.29, 1.82) is 0 Å². The first-order valence-electron chi connectivity index (χ1n) is 16.7. The van der Waals surface area contributed by atoms with Crippen LogP contribution in [-0.4, -0.2) is 140 Å². The lowest BCUT2D eigenvalue weighted by atomic mass is 9.97. The summed E-state index contributed by atoms with van der Waals surface area (Å²) in [5.74, 6) is -0.286. The summed E-state index contributed by atoms with van der Waals surface area (Å²) in [7, 11) is 0. The minimum absolute atomic E-state index is 0.254. The van der Waals surface area contributed by atoms with E-state index in [1.807, 2.05) is 6.92 Å². The van der Waals surface area contributed by atoms with Crippen LogP contribution in [0.3, 0.4) is 0 Å². The van der Waals surface area contributed by atoms with E-state index in [0.717, 1.165) is 38.5 Å². The number of aliphatic hydroxyl groups is 8. The molecule has 1 amide bonds. The average Bonchev–Trinajstić information content (AvgIpc) is 3.06. The highest BCUT2D eigenvalue weighted by Crippen LogP contribution is 2.29. The molecule has 47 heavy (non-hydrogen) atoms. The summed E-state index contributed by atoms with van der Waals surface area (Å²) in [6.07, 6.45) is 1.93. The van der Waals surface area contributed by atoms with Gasteiger partial charge in [0.1, 0.15) is 48.8 Å². The quantitative estimate of drug-likeness (QED) is 0.0563. The van der Waals surface area contributed by atoms with E-state index in [1.54, 1.807) is 12.2 Å². The number of allylic oxidation sites excluding steroid dienone is 5. The Morgan fingerprint density at radius 1 is 0.766 bits per heavy atom. The lowest BCUT2D eigenvalue weighted by Gasteiger charge is -2.46. The Kier molecular flexibility index (Phi) is 20.0. The van der Waals surface area contributed by atoms with E-state index >= 15 is 0 Å².